The molecule has 0 bridgehead atoms. The lowest BCUT2D eigenvalue weighted by atomic mass is 9.85. The zero-order valence-electron chi connectivity index (χ0n) is 12.7. The molecule has 2 aliphatic rings. The number of hydrogen-bond donors (Lipinski definition) is 1. The first-order valence-corrected chi connectivity index (χ1v) is 8.05. The topological polar surface area (TPSA) is 55.6 Å². The molecule has 1 heterocycles. The summed E-state index contributed by atoms with van der Waals surface area (Å²) in [6.07, 6.45) is 3.31. The summed E-state index contributed by atoms with van der Waals surface area (Å²) < 4.78 is 19.6. The number of carbonyl (C=O) groups excluding carboxylic acids is 1. The van der Waals surface area contributed by atoms with Crippen LogP contribution < -0.4 is 5.73 Å². The van der Waals surface area contributed by atoms with Crippen molar-refractivity contribution in [2.45, 2.75) is 37.8 Å². The van der Waals surface area contributed by atoms with Gasteiger partial charge in [-0.25, -0.2) is 4.39 Å². The molecule has 0 unspecified atom stereocenters. The summed E-state index contributed by atoms with van der Waals surface area (Å²) in [4.78, 5) is 14.5. The minimum Gasteiger partial charge on any atom is -0.370 e. The zero-order valence-corrected chi connectivity index (χ0v) is 12.7. The lowest BCUT2D eigenvalue weighted by molar-refractivity contribution is -0.144. The van der Waals surface area contributed by atoms with E-state index in [4.69, 9.17) is 10.5 Å². The van der Waals surface area contributed by atoms with Crippen LogP contribution in [0.25, 0.3) is 0 Å². The number of carbonyl (C=O) groups is 1. The molecule has 1 aliphatic heterocycles. The molecule has 1 aromatic rings. The molecule has 1 aromatic carbocycles. The Morgan fingerprint density at radius 1 is 1.32 bits per heavy atom. The predicted molar refractivity (Wildman–Crippen MR) is 81.6 cm³/mol. The van der Waals surface area contributed by atoms with Crippen molar-refractivity contribution in [2.24, 2.45) is 11.7 Å². The second-order valence-electron chi connectivity index (χ2n) is 6.29. The highest BCUT2D eigenvalue weighted by atomic mass is 19.1. The maximum Gasteiger partial charge on any atom is 0.225 e. The third-order valence-corrected chi connectivity index (χ3v) is 4.69. The predicted octanol–water partition coefficient (Wildman–Crippen LogP) is 2.24. The molecule has 22 heavy (non-hydrogen) atoms. The van der Waals surface area contributed by atoms with Gasteiger partial charge >= 0.3 is 0 Å². The molecular weight excluding hydrogens is 283 g/mol. The standard InChI is InChI=1S/C17H23FN2O2/c18-15-7-2-1-6-14(15)16-11-20(8-9-22-16)17(21)12-4-3-5-13(19)10-12/h1-2,6-7,12-13,16H,3-5,8-11,19H2/t12-,13-,16+/m1/s1. The van der Waals surface area contributed by atoms with Crippen LogP contribution >= 0.6 is 0 Å². The molecule has 2 fully saturated rings. The molecule has 0 aromatic heterocycles. The van der Waals surface area contributed by atoms with E-state index in [0.29, 0.717) is 25.3 Å². The Kier molecular flexibility index (Phi) is 4.74. The lowest BCUT2D eigenvalue weighted by Crippen LogP contribution is -2.46. The molecular formula is C17H23FN2O2. The van der Waals surface area contributed by atoms with Crippen LogP contribution in [0.5, 0.6) is 0 Å². The summed E-state index contributed by atoms with van der Waals surface area (Å²) in [7, 11) is 0. The minimum atomic E-state index is -0.379. The Balaban J connectivity index is 1.68. The molecule has 5 heteroatoms. The van der Waals surface area contributed by atoms with Crippen molar-refractivity contribution in [3.63, 3.8) is 0 Å². The average molecular weight is 306 g/mol. The Morgan fingerprint density at radius 2 is 2.14 bits per heavy atom. The van der Waals surface area contributed by atoms with E-state index in [1.807, 2.05) is 4.90 Å². The van der Waals surface area contributed by atoms with E-state index < -0.39 is 0 Å². The highest BCUT2D eigenvalue weighted by molar-refractivity contribution is 5.79. The van der Waals surface area contributed by atoms with E-state index in [1.54, 1.807) is 18.2 Å². The van der Waals surface area contributed by atoms with Crippen molar-refractivity contribution in [3.05, 3.63) is 35.6 Å². The normalized spacial score (nSPS) is 29.4. The molecule has 1 amide bonds. The van der Waals surface area contributed by atoms with Crippen LogP contribution in [0.2, 0.25) is 0 Å². The van der Waals surface area contributed by atoms with Gasteiger partial charge in [0.2, 0.25) is 5.91 Å². The third kappa shape index (κ3) is 3.31. The number of nitrogens with zero attached hydrogens (tertiary/aromatic N) is 1. The number of morpholine rings is 1. The summed E-state index contributed by atoms with van der Waals surface area (Å²) >= 11 is 0. The number of amides is 1. The van der Waals surface area contributed by atoms with Crippen molar-refractivity contribution in [1.82, 2.24) is 4.90 Å². The molecule has 1 aliphatic carbocycles. The van der Waals surface area contributed by atoms with Crippen LogP contribution in [0.1, 0.15) is 37.4 Å². The Labute approximate surface area is 130 Å². The number of halogens is 1. The van der Waals surface area contributed by atoms with Gasteiger partial charge in [0.05, 0.1) is 13.2 Å². The number of rotatable bonds is 2. The Bertz CT molecular complexity index is 537. The molecule has 1 saturated heterocycles. The summed E-state index contributed by atoms with van der Waals surface area (Å²) in [6, 6.07) is 6.74. The first-order chi connectivity index (χ1) is 10.6. The Morgan fingerprint density at radius 3 is 2.91 bits per heavy atom. The number of hydrogen-bond acceptors (Lipinski definition) is 3. The third-order valence-electron chi connectivity index (χ3n) is 4.69. The first-order valence-electron chi connectivity index (χ1n) is 8.05. The van der Waals surface area contributed by atoms with Gasteiger partial charge in [-0.15, -0.1) is 0 Å². The smallest absolute Gasteiger partial charge is 0.225 e. The van der Waals surface area contributed by atoms with Crippen LogP contribution in [0.15, 0.2) is 24.3 Å². The quantitative estimate of drug-likeness (QED) is 0.911. The highest BCUT2D eigenvalue weighted by Gasteiger charge is 2.33. The molecule has 0 spiro atoms. The molecule has 3 atom stereocenters. The lowest BCUT2D eigenvalue weighted by Gasteiger charge is -2.37. The van der Waals surface area contributed by atoms with Gasteiger partial charge in [0.15, 0.2) is 0 Å². The fourth-order valence-corrected chi connectivity index (χ4v) is 3.48. The molecule has 1 saturated carbocycles. The van der Waals surface area contributed by atoms with Crippen LogP contribution in [-0.4, -0.2) is 36.5 Å². The van der Waals surface area contributed by atoms with Gasteiger partial charge < -0.3 is 15.4 Å². The maximum absolute atomic E-state index is 13.9. The van der Waals surface area contributed by atoms with Gasteiger partial charge in [-0.3, -0.25) is 4.79 Å². The molecule has 0 radical (unpaired) electrons. The van der Waals surface area contributed by atoms with Gasteiger partial charge in [-0.05, 0) is 25.3 Å². The van der Waals surface area contributed by atoms with E-state index in [1.165, 1.54) is 6.07 Å². The monoisotopic (exact) mass is 306 g/mol. The van der Waals surface area contributed by atoms with Gasteiger partial charge in [-0.2, -0.15) is 0 Å². The molecule has 120 valence electrons. The minimum absolute atomic E-state index is 0.0168. The van der Waals surface area contributed by atoms with Crippen molar-refractivity contribution < 1.29 is 13.9 Å². The molecule has 2 N–H and O–H groups in total. The summed E-state index contributed by atoms with van der Waals surface area (Å²) in [5.74, 6) is -0.107. The van der Waals surface area contributed by atoms with Gasteiger partial charge in [-0.1, -0.05) is 24.6 Å². The Hall–Kier alpha value is -1.46. The first kappa shape index (κ1) is 15.4. The van der Waals surface area contributed by atoms with Crippen LogP contribution in [0, 0.1) is 11.7 Å². The second kappa shape index (κ2) is 6.75. The van der Waals surface area contributed by atoms with E-state index in [0.717, 1.165) is 25.7 Å². The van der Waals surface area contributed by atoms with E-state index >= 15 is 0 Å². The van der Waals surface area contributed by atoms with Crippen molar-refractivity contribution in [2.75, 3.05) is 19.7 Å². The summed E-state index contributed by atoms with van der Waals surface area (Å²) in [6.45, 7) is 1.45. The van der Waals surface area contributed by atoms with Crippen molar-refractivity contribution >= 4 is 5.91 Å². The summed E-state index contributed by atoms with van der Waals surface area (Å²) in [5, 5.41) is 0. The van der Waals surface area contributed by atoms with Crippen LogP contribution in [-0.2, 0) is 9.53 Å². The van der Waals surface area contributed by atoms with Gasteiger partial charge in [0.25, 0.3) is 0 Å². The van der Waals surface area contributed by atoms with E-state index in [-0.39, 0.29) is 29.8 Å². The summed E-state index contributed by atoms with van der Waals surface area (Å²) in [5.41, 5.74) is 6.51. The number of benzene rings is 1. The SMILES string of the molecule is N[C@@H]1CCC[C@@H](C(=O)N2CCO[C@H](c3ccccc3F)C2)C1. The fraction of sp³-hybridized carbons (Fsp3) is 0.588. The average Bonchev–Trinajstić information content (AvgIpc) is 2.55. The van der Waals surface area contributed by atoms with Gasteiger partial charge in [0, 0.05) is 24.1 Å². The molecule has 4 nitrogen and oxygen atoms in total. The zero-order chi connectivity index (χ0) is 15.5. The van der Waals surface area contributed by atoms with Crippen molar-refractivity contribution in [3.8, 4) is 0 Å². The van der Waals surface area contributed by atoms with E-state index in [2.05, 4.69) is 0 Å². The maximum atomic E-state index is 13.9. The highest BCUT2D eigenvalue weighted by Crippen LogP contribution is 2.29. The second-order valence-corrected chi connectivity index (χ2v) is 6.29. The van der Waals surface area contributed by atoms with Gasteiger partial charge in [0.1, 0.15) is 11.9 Å². The largest absolute Gasteiger partial charge is 0.370 e. The van der Waals surface area contributed by atoms with Crippen LogP contribution in [0.4, 0.5) is 4.39 Å². The number of nitrogens with two attached hydrogens (primary N) is 1. The van der Waals surface area contributed by atoms with Crippen LogP contribution in [0.3, 0.4) is 0 Å². The van der Waals surface area contributed by atoms with E-state index in [9.17, 15) is 9.18 Å². The van der Waals surface area contributed by atoms with Crippen molar-refractivity contribution in [1.29, 1.82) is 0 Å². The molecule has 3 rings (SSSR count). The fourth-order valence-electron chi connectivity index (χ4n) is 3.48. The number of ether oxygens (including phenoxy) is 1.